The van der Waals surface area contributed by atoms with Gasteiger partial charge in [-0.1, -0.05) is 13.8 Å². The summed E-state index contributed by atoms with van der Waals surface area (Å²) in [5.41, 5.74) is 7.32. The minimum Gasteiger partial charge on any atom is -0.398 e. The first-order valence-electron chi connectivity index (χ1n) is 4.15. The van der Waals surface area contributed by atoms with E-state index in [2.05, 4.69) is 0 Å². The Kier molecular flexibility index (Phi) is 2.66. The molecule has 0 aromatic heterocycles. The molecule has 3 heteroatoms. The van der Waals surface area contributed by atoms with Crippen molar-refractivity contribution in [3.8, 4) is 0 Å². The van der Waals surface area contributed by atoms with Gasteiger partial charge >= 0.3 is 0 Å². The predicted molar refractivity (Wildman–Crippen MR) is 54.9 cm³/mol. The van der Waals surface area contributed by atoms with Crippen LogP contribution in [-0.4, -0.2) is 6.21 Å². The summed E-state index contributed by atoms with van der Waals surface area (Å²) in [7, 11) is 0. The molecule has 0 saturated carbocycles. The summed E-state index contributed by atoms with van der Waals surface area (Å²) in [5, 5.41) is 7.16. The summed E-state index contributed by atoms with van der Waals surface area (Å²) in [6.45, 7) is 3.89. The van der Waals surface area contributed by atoms with E-state index in [0.29, 0.717) is 11.3 Å². The van der Waals surface area contributed by atoms with E-state index < -0.39 is 0 Å². The lowest BCUT2D eigenvalue weighted by Crippen LogP contribution is -2.02. The summed E-state index contributed by atoms with van der Waals surface area (Å²) in [6.07, 6.45) is 1.17. The standard InChI is InChI=1S/C10H13FN2.H2/c1-6(2)8-3-7(11)4-10(13)9(8)5-12;/h3-6,12H,13H2,1-2H3;1H. The summed E-state index contributed by atoms with van der Waals surface area (Å²) in [6, 6.07) is 2.67. The first-order chi connectivity index (χ1) is 6.06. The Morgan fingerprint density at radius 2 is 2.15 bits per heavy atom. The highest BCUT2D eigenvalue weighted by Crippen LogP contribution is 2.24. The number of rotatable bonds is 2. The van der Waals surface area contributed by atoms with Gasteiger partial charge in [0.05, 0.1) is 0 Å². The molecular formula is C10H15FN2. The number of hydrogen-bond donors (Lipinski definition) is 2. The van der Waals surface area contributed by atoms with E-state index in [1.807, 2.05) is 13.8 Å². The molecule has 0 spiro atoms. The Labute approximate surface area is 78.6 Å². The van der Waals surface area contributed by atoms with E-state index in [0.717, 1.165) is 5.56 Å². The van der Waals surface area contributed by atoms with Crippen LogP contribution in [0.4, 0.5) is 10.1 Å². The van der Waals surface area contributed by atoms with Crippen LogP contribution in [0.2, 0.25) is 0 Å². The SMILES string of the molecule is CC(C)c1cc(F)cc(N)c1C=N.[HH]. The van der Waals surface area contributed by atoms with Gasteiger partial charge in [0.15, 0.2) is 0 Å². The third-order valence-electron chi connectivity index (χ3n) is 1.98. The molecule has 0 saturated heterocycles. The molecule has 1 aromatic carbocycles. The van der Waals surface area contributed by atoms with Gasteiger partial charge < -0.3 is 11.1 Å². The fourth-order valence-corrected chi connectivity index (χ4v) is 1.31. The quantitative estimate of drug-likeness (QED) is 0.536. The molecule has 0 aliphatic rings. The second-order valence-electron chi connectivity index (χ2n) is 3.30. The zero-order valence-electron chi connectivity index (χ0n) is 7.76. The van der Waals surface area contributed by atoms with Crippen LogP contribution in [0.3, 0.4) is 0 Å². The molecule has 0 unspecified atom stereocenters. The lowest BCUT2D eigenvalue weighted by Gasteiger charge is -2.11. The maximum atomic E-state index is 12.9. The molecular weight excluding hydrogens is 167 g/mol. The zero-order valence-corrected chi connectivity index (χ0v) is 7.76. The molecule has 2 nitrogen and oxygen atoms in total. The lowest BCUT2D eigenvalue weighted by atomic mass is 9.96. The van der Waals surface area contributed by atoms with Crippen molar-refractivity contribution in [3.05, 3.63) is 29.1 Å². The van der Waals surface area contributed by atoms with Gasteiger partial charge in [-0.15, -0.1) is 0 Å². The fraction of sp³-hybridized carbons (Fsp3) is 0.300. The average molecular weight is 182 g/mol. The molecule has 0 heterocycles. The van der Waals surface area contributed by atoms with E-state index >= 15 is 0 Å². The van der Waals surface area contributed by atoms with Gasteiger partial charge in [-0.25, -0.2) is 4.39 Å². The second kappa shape index (κ2) is 3.56. The van der Waals surface area contributed by atoms with Crippen LogP contribution in [-0.2, 0) is 0 Å². The molecule has 0 amide bonds. The molecule has 1 aromatic rings. The predicted octanol–water partition coefficient (Wildman–Crippen LogP) is 2.77. The smallest absolute Gasteiger partial charge is 0.125 e. The van der Waals surface area contributed by atoms with Gasteiger partial charge in [-0.2, -0.15) is 0 Å². The van der Waals surface area contributed by atoms with Crippen LogP contribution in [0, 0.1) is 11.2 Å². The van der Waals surface area contributed by atoms with Gasteiger partial charge in [0, 0.05) is 18.9 Å². The third kappa shape index (κ3) is 1.86. The van der Waals surface area contributed by atoms with Gasteiger partial charge in [-0.3, -0.25) is 0 Å². The Balaban J connectivity index is 0.00000169. The summed E-state index contributed by atoms with van der Waals surface area (Å²) < 4.78 is 12.9. The van der Waals surface area contributed by atoms with E-state index in [9.17, 15) is 4.39 Å². The van der Waals surface area contributed by atoms with Gasteiger partial charge in [-0.05, 0) is 23.6 Å². The lowest BCUT2D eigenvalue weighted by molar-refractivity contribution is 0.624. The van der Waals surface area contributed by atoms with Crippen molar-refractivity contribution in [1.29, 1.82) is 5.41 Å². The molecule has 1 rings (SSSR count). The first-order valence-corrected chi connectivity index (χ1v) is 4.15. The van der Waals surface area contributed by atoms with Gasteiger partial charge in [0.1, 0.15) is 5.82 Å². The molecule has 3 N–H and O–H groups in total. The topological polar surface area (TPSA) is 49.9 Å². The average Bonchev–Trinajstić information content (AvgIpc) is 2.02. The maximum Gasteiger partial charge on any atom is 0.125 e. The van der Waals surface area contributed by atoms with Crippen LogP contribution in [0.1, 0.15) is 32.3 Å². The molecule has 0 radical (unpaired) electrons. The second-order valence-corrected chi connectivity index (χ2v) is 3.30. The number of benzene rings is 1. The molecule has 0 bridgehead atoms. The zero-order chi connectivity index (χ0) is 10.0. The number of nitrogen functional groups attached to an aromatic ring is 1. The highest BCUT2D eigenvalue weighted by Gasteiger charge is 2.09. The summed E-state index contributed by atoms with van der Waals surface area (Å²) >= 11 is 0. The first kappa shape index (κ1) is 9.71. The molecule has 0 aliphatic heterocycles. The Hall–Kier alpha value is -1.38. The molecule has 0 atom stereocenters. The third-order valence-corrected chi connectivity index (χ3v) is 1.98. The van der Waals surface area contributed by atoms with E-state index in [1.165, 1.54) is 18.3 Å². The van der Waals surface area contributed by atoms with Gasteiger partial charge in [0.25, 0.3) is 0 Å². The number of nitrogens with one attached hydrogen (secondary N) is 1. The van der Waals surface area contributed by atoms with Crippen molar-refractivity contribution in [2.24, 2.45) is 0 Å². The van der Waals surface area contributed by atoms with Crippen LogP contribution in [0.5, 0.6) is 0 Å². The molecule has 72 valence electrons. The summed E-state index contributed by atoms with van der Waals surface area (Å²) in [5.74, 6) is -0.165. The monoisotopic (exact) mass is 182 g/mol. The van der Waals surface area contributed by atoms with Crippen molar-refractivity contribution in [3.63, 3.8) is 0 Å². The molecule has 13 heavy (non-hydrogen) atoms. The Morgan fingerprint density at radius 1 is 1.54 bits per heavy atom. The van der Waals surface area contributed by atoms with Crippen molar-refractivity contribution < 1.29 is 5.82 Å². The number of hydrogen-bond acceptors (Lipinski definition) is 2. The highest BCUT2D eigenvalue weighted by molar-refractivity contribution is 5.87. The van der Waals surface area contributed by atoms with E-state index in [4.69, 9.17) is 11.1 Å². The van der Waals surface area contributed by atoms with Crippen LogP contribution < -0.4 is 5.73 Å². The van der Waals surface area contributed by atoms with E-state index in [-0.39, 0.29) is 13.2 Å². The number of anilines is 1. The largest absolute Gasteiger partial charge is 0.398 e. The van der Waals surface area contributed by atoms with Crippen molar-refractivity contribution >= 4 is 11.9 Å². The van der Waals surface area contributed by atoms with Crippen LogP contribution in [0.15, 0.2) is 12.1 Å². The minimum atomic E-state index is -0.341. The van der Waals surface area contributed by atoms with Crippen LogP contribution >= 0.6 is 0 Å². The maximum absolute atomic E-state index is 12.9. The summed E-state index contributed by atoms with van der Waals surface area (Å²) in [4.78, 5) is 0. The van der Waals surface area contributed by atoms with Crippen molar-refractivity contribution in [1.82, 2.24) is 0 Å². The van der Waals surface area contributed by atoms with Crippen LogP contribution in [0.25, 0.3) is 0 Å². The van der Waals surface area contributed by atoms with Crippen molar-refractivity contribution in [2.75, 3.05) is 5.73 Å². The minimum absolute atomic E-state index is 0. The highest BCUT2D eigenvalue weighted by atomic mass is 19.1. The molecule has 0 fully saturated rings. The molecule has 0 aliphatic carbocycles. The number of halogens is 1. The Morgan fingerprint density at radius 3 is 2.62 bits per heavy atom. The van der Waals surface area contributed by atoms with Gasteiger partial charge in [0.2, 0.25) is 0 Å². The number of nitrogens with two attached hydrogens (primary N) is 1. The Bertz CT molecular complexity index is 337. The normalized spacial score (nSPS) is 10.5. The fourth-order valence-electron chi connectivity index (χ4n) is 1.31. The van der Waals surface area contributed by atoms with Crippen molar-refractivity contribution in [2.45, 2.75) is 19.8 Å². The van der Waals surface area contributed by atoms with E-state index in [1.54, 1.807) is 0 Å².